The Morgan fingerprint density at radius 1 is 1.15 bits per heavy atom. The molecule has 27 heavy (non-hydrogen) atoms. The van der Waals surface area contributed by atoms with Gasteiger partial charge in [0.2, 0.25) is 10.0 Å². The zero-order valence-corrected chi connectivity index (χ0v) is 16.7. The molecule has 0 radical (unpaired) electrons. The topological polar surface area (TPSA) is 75.7 Å². The van der Waals surface area contributed by atoms with Crippen molar-refractivity contribution < 1.29 is 17.9 Å². The van der Waals surface area contributed by atoms with Gasteiger partial charge in [0.1, 0.15) is 0 Å². The molecule has 0 aromatic heterocycles. The van der Waals surface area contributed by atoms with Gasteiger partial charge in [-0.3, -0.25) is 4.79 Å². The number of amides is 1. The van der Waals surface area contributed by atoms with Gasteiger partial charge in [0.05, 0.1) is 18.1 Å². The fourth-order valence-electron chi connectivity index (χ4n) is 2.87. The molecule has 0 spiro atoms. The highest BCUT2D eigenvalue weighted by molar-refractivity contribution is 7.89. The minimum atomic E-state index is -3.67. The van der Waals surface area contributed by atoms with Crippen LogP contribution in [-0.2, 0) is 14.8 Å². The normalized spacial score (nSPS) is 15.5. The molecule has 0 bridgehead atoms. The van der Waals surface area contributed by atoms with Crippen LogP contribution in [0, 0.1) is 13.8 Å². The first-order chi connectivity index (χ1) is 12.8. The second kappa shape index (κ2) is 7.98. The standard InChI is InChI=1S/C19H21ClN2O4S/c1-13-6-7-15(27(24,25)22-8-10-26-11-9-22)12-16(13)19(23)21-18-5-3-4-17(20)14(18)2/h3-7,12H,8-11H2,1-2H3,(H,21,23). The molecule has 3 rings (SSSR count). The molecule has 1 amide bonds. The lowest BCUT2D eigenvalue weighted by Gasteiger charge is -2.26. The third kappa shape index (κ3) is 4.16. The number of carbonyl (C=O) groups excluding carboxylic acids is 1. The first kappa shape index (κ1) is 19.8. The molecule has 0 saturated carbocycles. The van der Waals surface area contributed by atoms with Crippen LogP contribution in [0.25, 0.3) is 0 Å². The van der Waals surface area contributed by atoms with Crippen molar-refractivity contribution in [2.75, 3.05) is 31.6 Å². The average Bonchev–Trinajstić information content (AvgIpc) is 2.66. The van der Waals surface area contributed by atoms with Crippen LogP contribution in [0.15, 0.2) is 41.3 Å². The number of nitrogens with one attached hydrogen (secondary N) is 1. The van der Waals surface area contributed by atoms with Crippen molar-refractivity contribution in [2.45, 2.75) is 18.7 Å². The highest BCUT2D eigenvalue weighted by Gasteiger charge is 2.27. The van der Waals surface area contributed by atoms with E-state index in [1.807, 2.05) is 6.92 Å². The van der Waals surface area contributed by atoms with Crippen molar-refractivity contribution in [1.29, 1.82) is 0 Å². The third-order valence-corrected chi connectivity index (χ3v) is 6.88. The van der Waals surface area contributed by atoms with Gasteiger partial charge in [-0.2, -0.15) is 4.31 Å². The summed E-state index contributed by atoms with van der Waals surface area (Å²) in [6.45, 7) is 4.92. The summed E-state index contributed by atoms with van der Waals surface area (Å²) in [6.07, 6.45) is 0. The number of hydrogen-bond donors (Lipinski definition) is 1. The van der Waals surface area contributed by atoms with Gasteiger partial charge < -0.3 is 10.1 Å². The molecule has 1 heterocycles. The molecule has 1 aliphatic heterocycles. The van der Waals surface area contributed by atoms with Crippen LogP contribution in [0.3, 0.4) is 0 Å². The summed E-state index contributed by atoms with van der Waals surface area (Å²) in [7, 11) is -3.67. The summed E-state index contributed by atoms with van der Waals surface area (Å²) in [5, 5.41) is 3.36. The molecule has 0 atom stereocenters. The maximum absolute atomic E-state index is 12.9. The third-order valence-electron chi connectivity index (χ3n) is 4.58. The van der Waals surface area contributed by atoms with Gasteiger partial charge in [0.15, 0.2) is 0 Å². The number of morpholine rings is 1. The van der Waals surface area contributed by atoms with Crippen molar-refractivity contribution in [1.82, 2.24) is 4.31 Å². The van der Waals surface area contributed by atoms with Gasteiger partial charge in [-0.15, -0.1) is 0 Å². The molecule has 1 saturated heterocycles. The Morgan fingerprint density at radius 3 is 2.56 bits per heavy atom. The maximum Gasteiger partial charge on any atom is 0.255 e. The lowest BCUT2D eigenvalue weighted by Crippen LogP contribution is -2.40. The number of halogens is 1. The number of ether oxygens (including phenoxy) is 1. The predicted octanol–water partition coefficient (Wildman–Crippen LogP) is 3.23. The number of hydrogen-bond acceptors (Lipinski definition) is 4. The summed E-state index contributed by atoms with van der Waals surface area (Å²) in [5.41, 5.74) is 2.34. The van der Waals surface area contributed by atoms with Crippen LogP contribution >= 0.6 is 11.6 Å². The predicted molar refractivity (Wildman–Crippen MR) is 105 cm³/mol. The Hall–Kier alpha value is -1.93. The molecular formula is C19H21ClN2O4S. The number of rotatable bonds is 4. The van der Waals surface area contributed by atoms with Crippen LogP contribution in [0.1, 0.15) is 21.5 Å². The van der Waals surface area contributed by atoms with E-state index in [-0.39, 0.29) is 10.8 Å². The number of benzene rings is 2. The second-order valence-corrected chi connectivity index (χ2v) is 8.70. The summed E-state index contributed by atoms with van der Waals surface area (Å²) >= 11 is 6.10. The molecule has 144 valence electrons. The van der Waals surface area contributed by atoms with Gasteiger partial charge in [-0.25, -0.2) is 8.42 Å². The van der Waals surface area contributed by atoms with Crippen molar-refractivity contribution in [3.63, 3.8) is 0 Å². The van der Waals surface area contributed by atoms with Crippen molar-refractivity contribution in [2.24, 2.45) is 0 Å². The van der Waals surface area contributed by atoms with Crippen LogP contribution in [-0.4, -0.2) is 44.9 Å². The average molecular weight is 409 g/mol. The van der Waals surface area contributed by atoms with E-state index in [1.165, 1.54) is 16.4 Å². The first-order valence-electron chi connectivity index (χ1n) is 8.55. The van der Waals surface area contributed by atoms with Gasteiger partial charge in [-0.1, -0.05) is 23.7 Å². The van der Waals surface area contributed by atoms with Crippen LogP contribution in [0.2, 0.25) is 5.02 Å². The number of sulfonamides is 1. The lowest BCUT2D eigenvalue weighted by molar-refractivity contribution is 0.0730. The first-order valence-corrected chi connectivity index (χ1v) is 10.4. The van der Waals surface area contributed by atoms with E-state index in [1.54, 1.807) is 31.2 Å². The Balaban J connectivity index is 1.91. The number of nitrogens with zero attached hydrogens (tertiary/aromatic N) is 1. The van der Waals surface area contributed by atoms with Crippen LogP contribution < -0.4 is 5.32 Å². The minimum Gasteiger partial charge on any atom is -0.379 e. The molecule has 1 aliphatic rings. The summed E-state index contributed by atoms with van der Waals surface area (Å²) in [6, 6.07) is 9.84. The monoisotopic (exact) mass is 408 g/mol. The van der Waals surface area contributed by atoms with Crippen molar-refractivity contribution in [3.05, 3.63) is 58.1 Å². The molecule has 6 nitrogen and oxygen atoms in total. The summed E-state index contributed by atoms with van der Waals surface area (Å²) < 4.78 is 32.3. The molecule has 1 fully saturated rings. The second-order valence-electron chi connectivity index (χ2n) is 6.36. The van der Waals surface area contributed by atoms with Crippen molar-refractivity contribution >= 4 is 33.2 Å². The van der Waals surface area contributed by atoms with Crippen molar-refractivity contribution in [3.8, 4) is 0 Å². The summed E-state index contributed by atoms with van der Waals surface area (Å²) in [5.74, 6) is -0.378. The van der Waals surface area contributed by atoms with E-state index in [4.69, 9.17) is 16.3 Å². The molecule has 1 N–H and O–H groups in total. The quantitative estimate of drug-likeness (QED) is 0.842. The van der Waals surface area contributed by atoms with Crippen LogP contribution in [0.5, 0.6) is 0 Å². The molecule has 8 heteroatoms. The van der Waals surface area contributed by atoms with E-state index in [0.717, 1.165) is 5.56 Å². The molecule has 0 unspecified atom stereocenters. The maximum atomic E-state index is 12.9. The van der Waals surface area contributed by atoms with E-state index in [2.05, 4.69) is 5.32 Å². The van der Waals surface area contributed by atoms with Gasteiger partial charge in [0, 0.05) is 29.4 Å². The Bertz CT molecular complexity index is 970. The highest BCUT2D eigenvalue weighted by Crippen LogP contribution is 2.25. The van der Waals surface area contributed by atoms with E-state index in [9.17, 15) is 13.2 Å². The zero-order valence-electron chi connectivity index (χ0n) is 15.2. The minimum absolute atomic E-state index is 0.1000. The fraction of sp³-hybridized carbons (Fsp3) is 0.316. The largest absolute Gasteiger partial charge is 0.379 e. The highest BCUT2D eigenvalue weighted by atomic mass is 35.5. The molecular weight excluding hydrogens is 388 g/mol. The molecule has 0 aliphatic carbocycles. The Kier molecular flexibility index (Phi) is 5.86. The smallest absolute Gasteiger partial charge is 0.255 e. The lowest BCUT2D eigenvalue weighted by atomic mass is 10.1. The molecule has 2 aromatic carbocycles. The Morgan fingerprint density at radius 2 is 1.85 bits per heavy atom. The van der Waals surface area contributed by atoms with Gasteiger partial charge in [0.25, 0.3) is 5.91 Å². The SMILES string of the molecule is Cc1ccc(S(=O)(=O)N2CCOCC2)cc1C(=O)Nc1cccc(Cl)c1C. The fourth-order valence-corrected chi connectivity index (χ4v) is 4.48. The van der Waals surface area contributed by atoms with E-state index >= 15 is 0 Å². The van der Waals surface area contributed by atoms with E-state index < -0.39 is 10.0 Å². The number of aryl methyl sites for hydroxylation is 1. The number of anilines is 1. The van der Waals surface area contributed by atoms with Gasteiger partial charge in [-0.05, 0) is 49.2 Å². The summed E-state index contributed by atoms with van der Waals surface area (Å²) in [4.78, 5) is 12.9. The molecule has 2 aromatic rings. The van der Waals surface area contributed by atoms with E-state index in [0.29, 0.717) is 48.1 Å². The zero-order chi connectivity index (χ0) is 19.6. The van der Waals surface area contributed by atoms with Crippen LogP contribution in [0.4, 0.5) is 5.69 Å². The Labute approximate surface area is 164 Å². The van der Waals surface area contributed by atoms with Gasteiger partial charge >= 0.3 is 0 Å². The number of carbonyl (C=O) groups is 1.